The number of rotatable bonds is 11. The van der Waals surface area contributed by atoms with E-state index >= 15 is 0 Å². The zero-order chi connectivity index (χ0) is 41.4. The molecular formula is C31H21N9O14S3. The zero-order valence-corrected chi connectivity index (χ0v) is 30.3. The summed E-state index contributed by atoms with van der Waals surface area (Å²) >= 11 is 0. The first-order valence-electron chi connectivity index (χ1n) is 15.2. The molecule has 1 aromatic heterocycles. The third kappa shape index (κ3) is 8.44. The third-order valence-electron chi connectivity index (χ3n) is 7.64. The molecule has 6 rings (SSSR count). The van der Waals surface area contributed by atoms with E-state index in [9.17, 15) is 59.8 Å². The summed E-state index contributed by atoms with van der Waals surface area (Å²) in [5.41, 5.74) is -2.06. The molecule has 292 valence electrons. The van der Waals surface area contributed by atoms with Crippen molar-refractivity contribution in [1.82, 2.24) is 9.78 Å². The maximum atomic E-state index is 12.3. The van der Waals surface area contributed by atoms with Crippen molar-refractivity contribution < 1.29 is 59.2 Å². The number of aromatic nitrogens is 2. The van der Waals surface area contributed by atoms with Gasteiger partial charge in [0, 0.05) is 12.1 Å². The van der Waals surface area contributed by atoms with Gasteiger partial charge >= 0.3 is 0 Å². The predicted molar refractivity (Wildman–Crippen MR) is 194 cm³/mol. The van der Waals surface area contributed by atoms with Crippen molar-refractivity contribution in [3.8, 4) is 23.1 Å². The normalized spacial score (nSPS) is 12.7. The van der Waals surface area contributed by atoms with Gasteiger partial charge in [0.15, 0.2) is 17.2 Å². The summed E-state index contributed by atoms with van der Waals surface area (Å²) < 4.78 is 100. The van der Waals surface area contributed by atoms with Gasteiger partial charge in [-0.25, -0.2) is 0 Å². The minimum atomic E-state index is -5.07. The highest BCUT2D eigenvalue weighted by Crippen LogP contribution is 2.48. The van der Waals surface area contributed by atoms with Crippen LogP contribution in [-0.2, 0) is 30.4 Å². The number of phenols is 2. The SMILES string of the molecule is O=[N+]([O-])c1ccc(N=Nc2ccc3cc(S(=O)(=O)O)c(N=Nc4ccc(N=Nc5cnn(-c6ccc(S(=O)(=O)O)cc6)c5O)cc4)c(O)c3c2O)c(S(=O)(=O)O)c1. The maximum absolute atomic E-state index is 12.3. The van der Waals surface area contributed by atoms with Crippen LogP contribution < -0.4 is 0 Å². The molecule has 1 heterocycles. The Labute approximate surface area is 318 Å². The van der Waals surface area contributed by atoms with Crippen LogP contribution in [0.3, 0.4) is 0 Å². The van der Waals surface area contributed by atoms with Crippen molar-refractivity contribution in [2.75, 3.05) is 0 Å². The first kappa shape index (κ1) is 39.6. The van der Waals surface area contributed by atoms with E-state index in [1.165, 1.54) is 42.6 Å². The van der Waals surface area contributed by atoms with Gasteiger partial charge < -0.3 is 15.3 Å². The molecule has 6 aromatic rings. The average Bonchev–Trinajstić information content (AvgIpc) is 3.51. The molecule has 0 aliphatic carbocycles. The predicted octanol–water partition coefficient (Wildman–Crippen LogP) is 7.04. The van der Waals surface area contributed by atoms with Crippen LogP contribution >= 0.6 is 0 Å². The Morgan fingerprint density at radius 3 is 1.74 bits per heavy atom. The zero-order valence-electron chi connectivity index (χ0n) is 27.9. The van der Waals surface area contributed by atoms with Crippen molar-refractivity contribution in [3.63, 3.8) is 0 Å². The lowest BCUT2D eigenvalue weighted by molar-refractivity contribution is -0.385. The number of fused-ring (bicyclic) bond motifs is 1. The second kappa shape index (κ2) is 14.9. The molecule has 0 aliphatic heterocycles. The van der Waals surface area contributed by atoms with E-state index in [2.05, 4.69) is 35.8 Å². The molecule has 57 heavy (non-hydrogen) atoms. The Hall–Kier alpha value is -7.10. The van der Waals surface area contributed by atoms with E-state index in [-0.39, 0.29) is 33.0 Å². The number of benzene rings is 5. The van der Waals surface area contributed by atoms with Gasteiger partial charge in [0.25, 0.3) is 36.0 Å². The monoisotopic (exact) mass is 839 g/mol. The van der Waals surface area contributed by atoms with Crippen molar-refractivity contribution in [2.45, 2.75) is 14.7 Å². The highest BCUT2D eigenvalue weighted by molar-refractivity contribution is 7.86. The minimum Gasteiger partial charge on any atom is -0.505 e. The average molecular weight is 840 g/mol. The van der Waals surface area contributed by atoms with Crippen molar-refractivity contribution >= 4 is 80.9 Å². The molecule has 0 saturated carbocycles. The van der Waals surface area contributed by atoms with E-state index in [4.69, 9.17) is 4.55 Å². The van der Waals surface area contributed by atoms with E-state index in [1.807, 2.05) is 0 Å². The van der Waals surface area contributed by atoms with E-state index in [0.29, 0.717) is 6.07 Å². The highest BCUT2D eigenvalue weighted by Gasteiger charge is 2.25. The summed E-state index contributed by atoms with van der Waals surface area (Å²) in [6.07, 6.45) is 1.17. The van der Waals surface area contributed by atoms with Crippen LogP contribution in [0.15, 0.2) is 136 Å². The Kier molecular flexibility index (Phi) is 10.3. The van der Waals surface area contributed by atoms with Gasteiger partial charge in [0.2, 0.25) is 5.88 Å². The summed E-state index contributed by atoms with van der Waals surface area (Å²) in [4.78, 5) is 7.92. The Morgan fingerprint density at radius 1 is 0.596 bits per heavy atom. The number of phenolic OH excluding ortho intramolecular Hbond substituents is 2. The second-order valence-corrected chi connectivity index (χ2v) is 15.5. The molecule has 0 bridgehead atoms. The summed E-state index contributed by atoms with van der Waals surface area (Å²) in [6.45, 7) is 0. The van der Waals surface area contributed by atoms with Crippen LogP contribution in [0.1, 0.15) is 0 Å². The summed E-state index contributed by atoms with van der Waals surface area (Å²) in [5, 5.41) is 70.1. The summed E-state index contributed by atoms with van der Waals surface area (Å²) in [7, 11) is -14.5. The van der Waals surface area contributed by atoms with Crippen molar-refractivity contribution in [1.29, 1.82) is 0 Å². The largest absolute Gasteiger partial charge is 0.505 e. The molecule has 23 nitrogen and oxygen atoms in total. The lowest BCUT2D eigenvalue weighted by Gasteiger charge is -2.11. The fourth-order valence-electron chi connectivity index (χ4n) is 4.95. The molecule has 0 spiro atoms. The Morgan fingerprint density at radius 2 is 1.16 bits per heavy atom. The van der Waals surface area contributed by atoms with Crippen LogP contribution in [0.25, 0.3) is 16.5 Å². The van der Waals surface area contributed by atoms with E-state index < -0.39 is 90.6 Å². The van der Waals surface area contributed by atoms with Gasteiger partial charge in [-0.3, -0.25) is 23.8 Å². The molecule has 0 unspecified atom stereocenters. The highest BCUT2D eigenvalue weighted by atomic mass is 32.2. The molecule has 26 heteroatoms. The van der Waals surface area contributed by atoms with Gasteiger partial charge in [0.05, 0.1) is 38.5 Å². The maximum Gasteiger partial charge on any atom is 0.297 e. The van der Waals surface area contributed by atoms with Crippen molar-refractivity contribution in [2.24, 2.45) is 30.7 Å². The number of nitrogens with zero attached hydrogens (tertiary/aromatic N) is 9. The topological polar surface area (TPSA) is 359 Å². The van der Waals surface area contributed by atoms with Gasteiger partial charge in [-0.05, 0) is 72.1 Å². The number of aromatic hydroxyl groups is 3. The van der Waals surface area contributed by atoms with Gasteiger partial charge in [-0.15, -0.1) is 20.5 Å². The number of nitro benzene ring substituents is 1. The number of hydrogen-bond acceptors (Lipinski definition) is 18. The van der Waals surface area contributed by atoms with Gasteiger partial charge in [-0.2, -0.15) is 45.3 Å². The first-order chi connectivity index (χ1) is 26.7. The van der Waals surface area contributed by atoms with E-state index in [1.54, 1.807) is 0 Å². The molecule has 0 atom stereocenters. The third-order valence-corrected chi connectivity index (χ3v) is 10.3. The molecule has 0 aliphatic rings. The lowest BCUT2D eigenvalue weighted by Crippen LogP contribution is -2.00. The van der Waals surface area contributed by atoms with Crippen LogP contribution in [0, 0.1) is 10.1 Å². The Balaban J connectivity index is 1.28. The molecule has 0 amide bonds. The number of non-ortho nitro benzene ring substituents is 1. The number of azo groups is 3. The van der Waals surface area contributed by atoms with Crippen molar-refractivity contribution in [3.05, 3.63) is 101 Å². The minimum absolute atomic E-state index is 0.0586. The smallest absolute Gasteiger partial charge is 0.297 e. The van der Waals surface area contributed by atoms with Crippen LogP contribution in [0.5, 0.6) is 17.4 Å². The fourth-order valence-corrected chi connectivity index (χ4v) is 6.73. The first-order valence-corrected chi connectivity index (χ1v) is 19.5. The van der Waals surface area contributed by atoms with Crippen LogP contribution in [0.2, 0.25) is 0 Å². The van der Waals surface area contributed by atoms with Crippen LogP contribution in [-0.4, -0.2) is 68.9 Å². The van der Waals surface area contributed by atoms with Gasteiger partial charge in [-0.1, -0.05) is 6.07 Å². The number of hydrogen-bond donors (Lipinski definition) is 6. The van der Waals surface area contributed by atoms with E-state index in [0.717, 1.165) is 47.1 Å². The standard InChI is InChI=1S/C31H21N9O14S3/c41-29-23(36-35-22-12-8-20(40(44)45)14-25(22)56(49,50)51)11-1-16-13-26(57(52,53)54)28(30(42)27(16)29)38-34-18-4-2-17(3-5-18)33-37-24-15-32-39(31(24)43)19-6-9-21(10-7-19)55(46,47)48/h1-15,41-43H,(H,46,47,48)(H,49,50,51)(H,52,53,54). The molecule has 0 fully saturated rings. The number of nitro groups is 1. The lowest BCUT2D eigenvalue weighted by atomic mass is 10.1. The van der Waals surface area contributed by atoms with Crippen LogP contribution in [0.4, 0.5) is 39.8 Å². The van der Waals surface area contributed by atoms with Gasteiger partial charge in [0.1, 0.15) is 26.9 Å². The quantitative estimate of drug-likeness (QED) is 0.0330. The second-order valence-electron chi connectivity index (χ2n) is 11.3. The Bertz CT molecular complexity index is 3040. The fraction of sp³-hybridized carbons (Fsp3) is 0. The molecule has 0 saturated heterocycles. The molecular weight excluding hydrogens is 819 g/mol. The summed E-state index contributed by atoms with van der Waals surface area (Å²) in [6, 6.07) is 15.6. The molecule has 5 aromatic carbocycles. The summed E-state index contributed by atoms with van der Waals surface area (Å²) in [5.74, 6) is -2.28. The molecule has 0 radical (unpaired) electrons. The molecule has 6 N–H and O–H groups in total.